The maximum absolute atomic E-state index is 13.9. The fraction of sp³-hybridized carbons (Fsp3) is 0.290. The van der Waals surface area contributed by atoms with E-state index in [0.29, 0.717) is 51.2 Å². The van der Waals surface area contributed by atoms with E-state index in [4.69, 9.17) is 35.0 Å². The van der Waals surface area contributed by atoms with Crippen LogP contribution in [0, 0.1) is 0 Å². The SMILES string of the molecule is CCCCCOc1ccc(C2c3c(oc4ccc(Cl)cc4c3=O)C(=O)N2Cc2ccc3c(c2)OCO3)cc1OC. The van der Waals surface area contributed by atoms with Gasteiger partial charge in [-0.15, -0.1) is 0 Å². The molecule has 0 radical (unpaired) electrons. The number of carbonyl (C=O) groups is 1. The number of amides is 1. The molecular formula is C31H28ClNO7. The first-order valence-corrected chi connectivity index (χ1v) is 13.6. The average Bonchev–Trinajstić information content (AvgIpc) is 3.54. The summed E-state index contributed by atoms with van der Waals surface area (Å²) < 4.78 is 28.7. The molecule has 2 aliphatic heterocycles. The van der Waals surface area contributed by atoms with Crippen LogP contribution in [-0.4, -0.2) is 31.3 Å². The molecule has 2 aliphatic rings. The van der Waals surface area contributed by atoms with Crippen molar-refractivity contribution in [3.8, 4) is 23.0 Å². The molecule has 1 unspecified atom stereocenters. The minimum absolute atomic E-state index is 0.0180. The summed E-state index contributed by atoms with van der Waals surface area (Å²) in [5.41, 5.74) is 1.78. The highest BCUT2D eigenvalue weighted by atomic mass is 35.5. The summed E-state index contributed by atoms with van der Waals surface area (Å²) in [6, 6.07) is 15.1. The first-order chi connectivity index (χ1) is 19.5. The molecule has 6 rings (SSSR count). The summed E-state index contributed by atoms with van der Waals surface area (Å²) in [6.07, 6.45) is 3.10. The minimum Gasteiger partial charge on any atom is -0.493 e. The van der Waals surface area contributed by atoms with Crippen LogP contribution in [-0.2, 0) is 6.54 Å². The van der Waals surface area contributed by atoms with E-state index in [9.17, 15) is 9.59 Å². The summed E-state index contributed by atoms with van der Waals surface area (Å²) in [5.74, 6) is 2.02. The van der Waals surface area contributed by atoms with Crippen LogP contribution in [0.4, 0.5) is 0 Å². The van der Waals surface area contributed by atoms with Crippen LogP contribution < -0.4 is 24.4 Å². The number of ether oxygens (including phenoxy) is 4. The topological polar surface area (TPSA) is 87.4 Å². The lowest BCUT2D eigenvalue weighted by atomic mass is 9.97. The molecule has 4 aromatic rings. The van der Waals surface area contributed by atoms with Crippen molar-refractivity contribution >= 4 is 28.5 Å². The van der Waals surface area contributed by atoms with Crippen molar-refractivity contribution in [3.05, 3.63) is 92.3 Å². The third-order valence-corrected chi connectivity index (χ3v) is 7.46. The van der Waals surface area contributed by atoms with E-state index in [-0.39, 0.29) is 36.0 Å². The van der Waals surface area contributed by atoms with Crippen LogP contribution in [0.2, 0.25) is 5.02 Å². The van der Waals surface area contributed by atoms with E-state index in [2.05, 4.69) is 6.92 Å². The van der Waals surface area contributed by atoms with E-state index in [1.54, 1.807) is 30.2 Å². The number of hydrogen-bond donors (Lipinski definition) is 0. The highest BCUT2D eigenvalue weighted by Crippen LogP contribution is 2.42. The Hall–Kier alpha value is -4.17. The quantitative estimate of drug-likeness (QED) is 0.216. The molecule has 3 heterocycles. The highest BCUT2D eigenvalue weighted by Gasteiger charge is 2.43. The van der Waals surface area contributed by atoms with E-state index >= 15 is 0 Å². The van der Waals surface area contributed by atoms with Gasteiger partial charge in [0.05, 0.1) is 30.7 Å². The molecule has 9 heteroatoms. The first-order valence-electron chi connectivity index (χ1n) is 13.2. The fourth-order valence-electron chi connectivity index (χ4n) is 5.25. The molecule has 1 aromatic heterocycles. The molecule has 0 spiro atoms. The third kappa shape index (κ3) is 4.62. The molecule has 0 saturated heterocycles. The number of benzene rings is 3. The van der Waals surface area contributed by atoms with Crippen LogP contribution in [0.1, 0.15) is 59.5 Å². The second kappa shape index (κ2) is 10.8. The summed E-state index contributed by atoms with van der Waals surface area (Å²) in [5, 5.41) is 0.723. The summed E-state index contributed by atoms with van der Waals surface area (Å²) in [6.45, 7) is 3.06. The largest absolute Gasteiger partial charge is 0.493 e. The third-order valence-electron chi connectivity index (χ3n) is 7.23. The molecule has 206 valence electrons. The zero-order valence-corrected chi connectivity index (χ0v) is 23.0. The number of carbonyl (C=O) groups excluding carboxylic acids is 1. The maximum atomic E-state index is 13.9. The number of rotatable bonds is 9. The van der Waals surface area contributed by atoms with Crippen LogP contribution in [0.15, 0.2) is 63.8 Å². The fourth-order valence-corrected chi connectivity index (χ4v) is 5.42. The van der Waals surface area contributed by atoms with Gasteiger partial charge in [0.2, 0.25) is 12.6 Å². The van der Waals surface area contributed by atoms with E-state index < -0.39 is 6.04 Å². The van der Waals surface area contributed by atoms with Gasteiger partial charge < -0.3 is 28.3 Å². The van der Waals surface area contributed by atoms with Crippen LogP contribution >= 0.6 is 11.6 Å². The molecule has 1 atom stereocenters. The normalized spacial score (nSPS) is 15.5. The maximum Gasteiger partial charge on any atom is 0.291 e. The summed E-state index contributed by atoms with van der Waals surface area (Å²) in [4.78, 5) is 29.4. The van der Waals surface area contributed by atoms with Crippen LogP contribution in [0.25, 0.3) is 11.0 Å². The number of halogens is 1. The number of nitrogens with zero attached hydrogens (tertiary/aromatic N) is 1. The monoisotopic (exact) mass is 561 g/mol. The minimum atomic E-state index is -0.726. The van der Waals surface area contributed by atoms with Crippen LogP contribution in [0.3, 0.4) is 0 Å². The van der Waals surface area contributed by atoms with Gasteiger partial charge in [-0.25, -0.2) is 0 Å². The average molecular weight is 562 g/mol. The van der Waals surface area contributed by atoms with Gasteiger partial charge >= 0.3 is 0 Å². The van der Waals surface area contributed by atoms with Crippen molar-refractivity contribution in [3.63, 3.8) is 0 Å². The molecule has 0 fully saturated rings. The number of hydrogen-bond acceptors (Lipinski definition) is 7. The van der Waals surface area contributed by atoms with Crippen molar-refractivity contribution in [1.29, 1.82) is 0 Å². The van der Waals surface area contributed by atoms with Gasteiger partial charge in [-0.3, -0.25) is 9.59 Å². The van der Waals surface area contributed by atoms with E-state index in [1.807, 2.05) is 36.4 Å². The molecule has 3 aromatic carbocycles. The first kappa shape index (κ1) is 26.1. The molecule has 0 N–H and O–H groups in total. The number of fused-ring (bicyclic) bond motifs is 3. The summed E-state index contributed by atoms with van der Waals surface area (Å²) >= 11 is 6.21. The van der Waals surface area contributed by atoms with Gasteiger partial charge in [-0.2, -0.15) is 0 Å². The number of unbranched alkanes of at least 4 members (excludes halogenated alkanes) is 2. The number of methoxy groups -OCH3 is 1. The Labute approximate surface area is 236 Å². The predicted octanol–water partition coefficient (Wildman–Crippen LogP) is 6.50. The zero-order valence-electron chi connectivity index (χ0n) is 22.2. The molecule has 0 saturated carbocycles. The Morgan fingerprint density at radius 3 is 2.65 bits per heavy atom. The molecule has 1 amide bonds. The second-order valence-corrected chi connectivity index (χ2v) is 10.2. The van der Waals surface area contributed by atoms with Crippen molar-refractivity contribution in [1.82, 2.24) is 4.90 Å². The van der Waals surface area contributed by atoms with Gasteiger partial charge in [-0.1, -0.05) is 43.5 Å². The van der Waals surface area contributed by atoms with Gasteiger partial charge in [0, 0.05) is 11.6 Å². The zero-order chi connectivity index (χ0) is 27.8. The van der Waals surface area contributed by atoms with Gasteiger partial charge in [0.25, 0.3) is 5.91 Å². The van der Waals surface area contributed by atoms with Gasteiger partial charge in [0.1, 0.15) is 5.58 Å². The smallest absolute Gasteiger partial charge is 0.291 e. The Balaban J connectivity index is 1.45. The molecule has 0 bridgehead atoms. The Bertz CT molecular complexity index is 1660. The van der Waals surface area contributed by atoms with E-state index in [1.165, 1.54) is 0 Å². The van der Waals surface area contributed by atoms with Crippen molar-refractivity contribution in [2.75, 3.05) is 20.5 Å². The van der Waals surface area contributed by atoms with Gasteiger partial charge in [0.15, 0.2) is 28.4 Å². The van der Waals surface area contributed by atoms with Crippen molar-refractivity contribution < 1.29 is 28.2 Å². The molecule has 0 aliphatic carbocycles. The van der Waals surface area contributed by atoms with Crippen molar-refractivity contribution in [2.45, 2.75) is 38.8 Å². The Morgan fingerprint density at radius 1 is 0.975 bits per heavy atom. The molecule has 40 heavy (non-hydrogen) atoms. The Morgan fingerprint density at radius 2 is 1.82 bits per heavy atom. The molecular weight excluding hydrogens is 534 g/mol. The standard InChI is InChI=1S/C31H28ClNO7/c1-3-4-5-12-37-23-10-7-19(14-25(23)36-2)28-27-29(34)21-15-20(32)8-11-22(21)40-30(27)31(35)33(28)16-18-6-9-24-26(13-18)39-17-38-24/h6-11,13-15,28H,3-5,12,16-17H2,1-2H3. The van der Waals surface area contributed by atoms with Crippen molar-refractivity contribution in [2.24, 2.45) is 0 Å². The second-order valence-electron chi connectivity index (χ2n) is 9.80. The molecule has 8 nitrogen and oxygen atoms in total. The predicted molar refractivity (Wildman–Crippen MR) is 150 cm³/mol. The Kier molecular flexibility index (Phi) is 7.02. The highest BCUT2D eigenvalue weighted by molar-refractivity contribution is 6.31. The lowest BCUT2D eigenvalue weighted by Crippen LogP contribution is -2.29. The van der Waals surface area contributed by atoms with E-state index in [0.717, 1.165) is 24.8 Å². The van der Waals surface area contributed by atoms with Crippen LogP contribution in [0.5, 0.6) is 23.0 Å². The lowest BCUT2D eigenvalue weighted by molar-refractivity contribution is 0.0714. The summed E-state index contributed by atoms with van der Waals surface area (Å²) in [7, 11) is 1.57. The lowest BCUT2D eigenvalue weighted by Gasteiger charge is -2.26. The van der Waals surface area contributed by atoms with Gasteiger partial charge in [-0.05, 0) is 60.0 Å².